The Morgan fingerprint density at radius 1 is 1.26 bits per heavy atom. The lowest BCUT2D eigenvalue weighted by molar-refractivity contribution is 0.102. The average Bonchev–Trinajstić information content (AvgIpc) is 2.88. The molecule has 0 bridgehead atoms. The maximum Gasteiger partial charge on any atom is 0.274 e. The second-order valence-corrected chi connectivity index (χ2v) is 6.47. The lowest BCUT2D eigenvalue weighted by Gasteiger charge is -2.08. The van der Waals surface area contributed by atoms with Crippen molar-refractivity contribution in [1.29, 1.82) is 0 Å². The minimum absolute atomic E-state index is 0.144. The number of halogens is 1. The second kappa shape index (κ2) is 6.16. The molecule has 1 amide bonds. The number of nitrogens with one attached hydrogen (secondary N) is 1. The fourth-order valence-corrected chi connectivity index (χ4v) is 2.92. The van der Waals surface area contributed by atoms with E-state index in [1.54, 1.807) is 0 Å². The maximum absolute atomic E-state index is 12.8. The number of rotatable bonds is 3. The number of pyridine rings is 1. The number of anilines is 1. The molecule has 2 aromatic heterocycles. The molecular formula is C18H18BrN3O. The first kappa shape index (κ1) is 15.7. The SMILES string of the molecule is CCc1nc2cc(C)ccn2c1C(=O)Nc1ccc(C)c(Br)c1. The first-order valence-corrected chi connectivity index (χ1v) is 8.34. The molecule has 0 saturated heterocycles. The molecular weight excluding hydrogens is 354 g/mol. The van der Waals surface area contributed by atoms with E-state index in [-0.39, 0.29) is 5.91 Å². The van der Waals surface area contributed by atoms with Gasteiger partial charge in [0, 0.05) is 16.4 Å². The van der Waals surface area contributed by atoms with Crippen molar-refractivity contribution in [3.8, 4) is 0 Å². The number of aromatic nitrogens is 2. The Hall–Kier alpha value is -2.14. The lowest BCUT2D eigenvalue weighted by Crippen LogP contribution is -2.16. The van der Waals surface area contributed by atoms with Gasteiger partial charge in [0.25, 0.3) is 5.91 Å². The predicted molar refractivity (Wildman–Crippen MR) is 96.1 cm³/mol. The van der Waals surface area contributed by atoms with E-state index in [4.69, 9.17) is 0 Å². The number of carbonyl (C=O) groups excluding carboxylic acids is 1. The highest BCUT2D eigenvalue weighted by atomic mass is 79.9. The van der Waals surface area contributed by atoms with Crippen LogP contribution in [0, 0.1) is 13.8 Å². The van der Waals surface area contributed by atoms with E-state index in [1.165, 1.54) is 0 Å². The van der Waals surface area contributed by atoms with Gasteiger partial charge in [-0.3, -0.25) is 9.20 Å². The number of aryl methyl sites for hydroxylation is 3. The number of fused-ring (bicyclic) bond motifs is 1. The van der Waals surface area contributed by atoms with Crippen LogP contribution in [0.4, 0.5) is 5.69 Å². The highest BCUT2D eigenvalue weighted by molar-refractivity contribution is 9.10. The summed E-state index contributed by atoms with van der Waals surface area (Å²) in [5.74, 6) is -0.144. The van der Waals surface area contributed by atoms with E-state index < -0.39 is 0 Å². The summed E-state index contributed by atoms with van der Waals surface area (Å²) in [5, 5.41) is 2.96. The number of hydrogen-bond donors (Lipinski definition) is 1. The summed E-state index contributed by atoms with van der Waals surface area (Å²) in [6.45, 7) is 6.04. The van der Waals surface area contributed by atoms with Gasteiger partial charge in [0.2, 0.25) is 0 Å². The van der Waals surface area contributed by atoms with Gasteiger partial charge in [-0.15, -0.1) is 0 Å². The monoisotopic (exact) mass is 371 g/mol. The Labute approximate surface area is 143 Å². The number of imidazole rings is 1. The number of hydrogen-bond acceptors (Lipinski definition) is 2. The van der Waals surface area contributed by atoms with E-state index in [0.717, 1.165) is 32.6 Å². The first-order chi connectivity index (χ1) is 11.0. The number of nitrogens with zero attached hydrogens (tertiary/aromatic N) is 2. The minimum atomic E-state index is -0.144. The summed E-state index contributed by atoms with van der Waals surface area (Å²) in [7, 11) is 0. The highest BCUT2D eigenvalue weighted by Crippen LogP contribution is 2.22. The lowest BCUT2D eigenvalue weighted by atomic mass is 10.2. The van der Waals surface area contributed by atoms with Crippen molar-refractivity contribution in [2.75, 3.05) is 5.32 Å². The first-order valence-electron chi connectivity index (χ1n) is 7.54. The van der Waals surface area contributed by atoms with Gasteiger partial charge in [-0.2, -0.15) is 0 Å². The molecule has 1 N–H and O–H groups in total. The van der Waals surface area contributed by atoms with Crippen molar-refractivity contribution in [2.24, 2.45) is 0 Å². The average molecular weight is 372 g/mol. The van der Waals surface area contributed by atoms with Gasteiger partial charge in [-0.25, -0.2) is 4.98 Å². The molecule has 1 aromatic carbocycles. The topological polar surface area (TPSA) is 46.4 Å². The van der Waals surface area contributed by atoms with E-state index in [2.05, 4.69) is 26.2 Å². The number of benzene rings is 1. The molecule has 0 atom stereocenters. The van der Waals surface area contributed by atoms with Gasteiger partial charge in [0.1, 0.15) is 11.3 Å². The Bertz CT molecular complexity index is 899. The third kappa shape index (κ3) is 3.01. The smallest absolute Gasteiger partial charge is 0.274 e. The fraction of sp³-hybridized carbons (Fsp3) is 0.222. The molecule has 3 aromatic rings. The Balaban J connectivity index is 2.01. The van der Waals surface area contributed by atoms with Crippen LogP contribution in [0.5, 0.6) is 0 Å². The van der Waals surface area contributed by atoms with Crippen molar-refractivity contribution >= 4 is 33.2 Å². The third-order valence-electron chi connectivity index (χ3n) is 3.83. The summed E-state index contributed by atoms with van der Waals surface area (Å²) in [4.78, 5) is 17.3. The van der Waals surface area contributed by atoms with E-state index in [1.807, 2.05) is 61.7 Å². The largest absolute Gasteiger partial charge is 0.321 e. The van der Waals surface area contributed by atoms with Gasteiger partial charge >= 0.3 is 0 Å². The van der Waals surface area contributed by atoms with E-state index >= 15 is 0 Å². The zero-order valence-electron chi connectivity index (χ0n) is 13.4. The zero-order chi connectivity index (χ0) is 16.6. The molecule has 0 aliphatic heterocycles. The van der Waals surface area contributed by atoms with Crippen molar-refractivity contribution in [1.82, 2.24) is 9.38 Å². The molecule has 0 unspecified atom stereocenters. The number of carbonyl (C=O) groups is 1. The maximum atomic E-state index is 12.8. The van der Waals surface area contributed by atoms with Gasteiger partial charge in [0.15, 0.2) is 0 Å². The van der Waals surface area contributed by atoms with E-state index in [9.17, 15) is 4.79 Å². The molecule has 0 fully saturated rings. The number of amides is 1. The van der Waals surface area contributed by atoms with Crippen LogP contribution >= 0.6 is 15.9 Å². The van der Waals surface area contributed by atoms with Gasteiger partial charge in [-0.1, -0.05) is 28.9 Å². The molecule has 0 radical (unpaired) electrons. The van der Waals surface area contributed by atoms with Gasteiger partial charge < -0.3 is 5.32 Å². The normalized spacial score (nSPS) is 11.0. The molecule has 2 heterocycles. The van der Waals surface area contributed by atoms with Crippen LogP contribution in [0.1, 0.15) is 34.2 Å². The molecule has 0 aliphatic rings. The summed E-state index contributed by atoms with van der Waals surface area (Å²) in [6.07, 6.45) is 2.61. The standard InChI is InChI=1S/C18H18BrN3O/c1-4-15-17(22-8-7-11(2)9-16(22)21-15)18(23)20-13-6-5-12(3)14(19)10-13/h5-10H,4H2,1-3H3,(H,20,23). The molecule has 0 spiro atoms. The summed E-state index contributed by atoms with van der Waals surface area (Å²) >= 11 is 3.49. The molecule has 3 rings (SSSR count). The Kier molecular flexibility index (Phi) is 4.22. The molecule has 5 heteroatoms. The van der Waals surface area contributed by atoms with Gasteiger partial charge in [0.05, 0.1) is 5.69 Å². The van der Waals surface area contributed by atoms with Crippen LogP contribution in [0.25, 0.3) is 5.65 Å². The fourth-order valence-electron chi connectivity index (χ4n) is 2.54. The predicted octanol–water partition coefficient (Wildman–Crippen LogP) is 4.53. The molecule has 23 heavy (non-hydrogen) atoms. The van der Waals surface area contributed by atoms with Crippen LogP contribution in [-0.4, -0.2) is 15.3 Å². The van der Waals surface area contributed by atoms with Gasteiger partial charge in [-0.05, 0) is 55.7 Å². The summed E-state index contributed by atoms with van der Waals surface area (Å²) < 4.78 is 2.82. The van der Waals surface area contributed by atoms with Crippen LogP contribution in [0.3, 0.4) is 0 Å². The van der Waals surface area contributed by atoms with Crippen molar-refractivity contribution in [2.45, 2.75) is 27.2 Å². The Morgan fingerprint density at radius 3 is 2.74 bits per heavy atom. The Morgan fingerprint density at radius 2 is 2.04 bits per heavy atom. The summed E-state index contributed by atoms with van der Waals surface area (Å²) in [5.41, 5.74) is 5.22. The van der Waals surface area contributed by atoms with E-state index in [0.29, 0.717) is 12.1 Å². The van der Waals surface area contributed by atoms with Crippen molar-refractivity contribution in [3.63, 3.8) is 0 Å². The van der Waals surface area contributed by atoms with Crippen LogP contribution in [-0.2, 0) is 6.42 Å². The van der Waals surface area contributed by atoms with Crippen molar-refractivity contribution < 1.29 is 4.79 Å². The third-order valence-corrected chi connectivity index (χ3v) is 4.69. The highest BCUT2D eigenvalue weighted by Gasteiger charge is 2.18. The molecule has 4 nitrogen and oxygen atoms in total. The molecule has 0 saturated carbocycles. The van der Waals surface area contributed by atoms with Crippen LogP contribution in [0.15, 0.2) is 41.0 Å². The van der Waals surface area contributed by atoms with Crippen LogP contribution < -0.4 is 5.32 Å². The molecule has 118 valence electrons. The molecule has 0 aliphatic carbocycles. The quantitative estimate of drug-likeness (QED) is 0.734. The zero-order valence-corrected chi connectivity index (χ0v) is 14.9. The summed E-state index contributed by atoms with van der Waals surface area (Å²) in [6, 6.07) is 9.74. The van der Waals surface area contributed by atoms with Crippen molar-refractivity contribution in [3.05, 3.63) is 63.5 Å². The minimum Gasteiger partial charge on any atom is -0.321 e. The second-order valence-electron chi connectivity index (χ2n) is 5.61. The van der Waals surface area contributed by atoms with Crippen LogP contribution in [0.2, 0.25) is 0 Å².